The highest BCUT2D eigenvalue weighted by Crippen LogP contribution is 2.13. The second-order valence-electron chi connectivity index (χ2n) is 6.27. The Kier molecular flexibility index (Phi) is 8.27. The molecule has 0 saturated heterocycles. The summed E-state index contributed by atoms with van der Waals surface area (Å²) in [6.45, 7) is 3.60. The van der Waals surface area contributed by atoms with Crippen LogP contribution in [0.1, 0.15) is 18.1 Å². The van der Waals surface area contributed by atoms with Crippen molar-refractivity contribution in [3.8, 4) is 5.75 Å². The number of carbonyl (C=O) groups excluding carboxylic acids is 1. The average molecular weight is 386 g/mol. The topological polar surface area (TPSA) is 66.0 Å². The number of carbonyl (C=O) groups is 1. The zero-order chi connectivity index (χ0) is 20.4. The Morgan fingerprint density at radius 2 is 1.89 bits per heavy atom. The van der Waals surface area contributed by atoms with Crippen LogP contribution in [0.25, 0.3) is 0 Å². The average Bonchev–Trinajstić information content (AvgIpc) is 2.69. The zero-order valence-corrected chi connectivity index (χ0v) is 16.5. The zero-order valence-electron chi connectivity index (χ0n) is 16.5. The van der Waals surface area contributed by atoms with Crippen LogP contribution in [0.5, 0.6) is 5.75 Å². The molecular weight excluding hydrogens is 359 g/mol. The maximum absolute atomic E-state index is 13.0. The molecule has 0 spiro atoms. The maximum atomic E-state index is 13.0. The van der Waals surface area contributed by atoms with E-state index in [2.05, 4.69) is 15.6 Å². The largest absolute Gasteiger partial charge is 0.484 e. The summed E-state index contributed by atoms with van der Waals surface area (Å²) in [5, 5.41) is 5.99. The van der Waals surface area contributed by atoms with E-state index >= 15 is 0 Å². The quantitative estimate of drug-likeness (QED) is 0.541. The first-order valence-electron chi connectivity index (χ1n) is 9.16. The Bertz CT molecular complexity index is 793. The molecule has 6 nitrogen and oxygen atoms in total. The molecule has 28 heavy (non-hydrogen) atoms. The summed E-state index contributed by atoms with van der Waals surface area (Å²) in [4.78, 5) is 17.8. The van der Waals surface area contributed by atoms with Gasteiger partial charge in [0.05, 0.1) is 0 Å². The minimum absolute atomic E-state index is 0.00714. The first-order valence-corrected chi connectivity index (χ1v) is 9.16. The van der Waals surface area contributed by atoms with E-state index in [1.807, 2.05) is 43.1 Å². The molecule has 2 N–H and O–H groups in total. The SMILES string of the molecule is CCNC(=O)COc1cccc(CNC(=NC)N(C)Cc2ccc(F)cc2)c1. The van der Waals surface area contributed by atoms with Crippen molar-refractivity contribution in [2.45, 2.75) is 20.0 Å². The first-order chi connectivity index (χ1) is 13.5. The molecule has 150 valence electrons. The van der Waals surface area contributed by atoms with Crippen molar-refractivity contribution in [1.29, 1.82) is 0 Å². The number of likely N-dealkylation sites (N-methyl/N-ethyl adjacent to an activating group) is 1. The second kappa shape index (κ2) is 10.9. The monoisotopic (exact) mass is 386 g/mol. The van der Waals surface area contributed by atoms with Gasteiger partial charge in [0.15, 0.2) is 12.6 Å². The van der Waals surface area contributed by atoms with Crippen molar-refractivity contribution in [2.75, 3.05) is 27.2 Å². The van der Waals surface area contributed by atoms with Crippen molar-refractivity contribution in [3.05, 3.63) is 65.5 Å². The fraction of sp³-hybridized carbons (Fsp3) is 0.333. The van der Waals surface area contributed by atoms with Crippen LogP contribution in [0.2, 0.25) is 0 Å². The summed E-state index contributed by atoms with van der Waals surface area (Å²) >= 11 is 0. The van der Waals surface area contributed by atoms with Crippen molar-refractivity contribution in [3.63, 3.8) is 0 Å². The van der Waals surface area contributed by atoms with Crippen LogP contribution < -0.4 is 15.4 Å². The Balaban J connectivity index is 1.89. The molecule has 0 radical (unpaired) electrons. The fourth-order valence-electron chi connectivity index (χ4n) is 2.65. The van der Waals surface area contributed by atoms with Gasteiger partial charge in [-0.1, -0.05) is 24.3 Å². The molecule has 0 aliphatic rings. The lowest BCUT2D eigenvalue weighted by Crippen LogP contribution is -2.38. The number of nitrogens with one attached hydrogen (secondary N) is 2. The van der Waals surface area contributed by atoms with E-state index in [0.29, 0.717) is 25.4 Å². The summed E-state index contributed by atoms with van der Waals surface area (Å²) in [5.41, 5.74) is 2.00. The van der Waals surface area contributed by atoms with E-state index in [9.17, 15) is 9.18 Å². The van der Waals surface area contributed by atoms with Gasteiger partial charge in [0, 0.05) is 33.7 Å². The molecule has 0 fully saturated rings. The number of aliphatic imine (C=N–C) groups is 1. The second-order valence-corrected chi connectivity index (χ2v) is 6.27. The van der Waals surface area contributed by atoms with Crippen LogP contribution in [0.15, 0.2) is 53.5 Å². The highest BCUT2D eigenvalue weighted by atomic mass is 19.1. The number of nitrogens with zero attached hydrogens (tertiary/aromatic N) is 2. The Morgan fingerprint density at radius 1 is 1.14 bits per heavy atom. The van der Waals surface area contributed by atoms with Gasteiger partial charge in [-0.25, -0.2) is 4.39 Å². The molecule has 0 bridgehead atoms. The van der Waals surface area contributed by atoms with Crippen LogP contribution in [0.3, 0.4) is 0 Å². The predicted octanol–water partition coefficient (Wildman–Crippen LogP) is 2.55. The van der Waals surface area contributed by atoms with Crippen LogP contribution >= 0.6 is 0 Å². The van der Waals surface area contributed by atoms with Gasteiger partial charge in [0.25, 0.3) is 5.91 Å². The van der Waals surface area contributed by atoms with E-state index in [1.165, 1.54) is 12.1 Å². The standard InChI is InChI=1S/C21H27FN4O2/c1-4-24-20(27)15-28-19-7-5-6-17(12-19)13-25-21(23-2)26(3)14-16-8-10-18(22)11-9-16/h5-12H,4,13-15H2,1-3H3,(H,23,25)(H,24,27). The summed E-state index contributed by atoms with van der Waals surface area (Å²) in [7, 11) is 3.64. The van der Waals surface area contributed by atoms with Gasteiger partial charge in [0.2, 0.25) is 0 Å². The number of guanidine groups is 1. The van der Waals surface area contributed by atoms with Crippen molar-refractivity contribution < 1.29 is 13.9 Å². The van der Waals surface area contributed by atoms with Crippen molar-refractivity contribution in [2.24, 2.45) is 4.99 Å². The summed E-state index contributed by atoms with van der Waals surface area (Å²) in [6.07, 6.45) is 0. The minimum atomic E-state index is -0.247. The normalized spacial score (nSPS) is 11.1. The number of benzene rings is 2. The van der Waals surface area contributed by atoms with Gasteiger partial charge in [-0.05, 0) is 42.3 Å². The van der Waals surface area contributed by atoms with E-state index in [0.717, 1.165) is 17.1 Å². The number of hydrogen-bond donors (Lipinski definition) is 2. The Labute approximate surface area is 165 Å². The van der Waals surface area contributed by atoms with E-state index in [4.69, 9.17) is 4.74 Å². The summed E-state index contributed by atoms with van der Waals surface area (Å²) in [6, 6.07) is 14.0. The Morgan fingerprint density at radius 3 is 2.57 bits per heavy atom. The van der Waals surface area contributed by atoms with Crippen molar-refractivity contribution >= 4 is 11.9 Å². The van der Waals surface area contributed by atoms with Gasteiger partial charge < -0.3 is 20.3 Å². The molecule has 0 saturated carbocycles. The predicted molar refractivity (Wildman–Crippen MR) is 109 cm³/mol. The smallest absolute Gasteiger partial charge is 0.257 e. The summed E-state index contributed by atoms with van der Waals surface area (Å²) < 4.78 is 18.6. The molecule has 2 rings (SSSR count). The molecule has 0 heterocycles. The molecule has 7 heteroatoms. The number of amides is 1. The lowest BCUT2D eigenvalue weighted by Gasteiger charge is -2.22. The fourth-order valence-corrected chi connectivity index (χ4v) is 2.65. The molecule has 1 amide bonds. The lowest BCUT2D eigenvalue weighted by atomic mass is 10.2. The highest BCUT2D eigenvalue weighted by molar-refractivity contribution is 5.79. The molecular formula is C21H27FN4O2. The third-order valence-corrected chi connectivity index (χ3v) is 4.00. The Hall–Kier alpha value is -3.09. The number of hydrogen-bond acceptors (Lipinski definition) is 3. The maximum Gasteiger partial charge on any atom is 0.257 e. The van der Waals surface area contributed by atoms with E-state index in [1.54, 1.807) is 19.2 Å². The van der Waals surface area contributed by atoms with Crippen molar-refractivity contribution in [1.82, 2.24) is 15.5 Å². The van der Waals surface area contributed by atoms with Gasteiger partial charge in [0.1, 0.15) is 11.6 Å². The lowest BCUT2D eigenvalue weighted by molar-refractivity contribution is -0.122. The van der Waals surface area contributed by atoms with Crippen LogP contribution in [0.4, 0.5) is 4.39 Å². The molecule has 0 atom stereocenters. The van der Waals surface area contributed by atoms with Crippen LogP contribution in [-0.2, 0) is 17.9 Å². The highest BCUT2D eigenvalue weighted by Gasteiger charge is 2.08. The van der Waals surface area contributed by atoms with Crippen LogP contribution in [0, 0.1) is 5.82 Å². The van der Waals surface area contributed by atoms with Gasteiger partial charge in [-0.2, -0.15) is 0 Å². The molecule has 0 unspecified atom stereocenters. The van der Waals surface area contributed by atoms with E-state index < -0.39 is 0 Å². The molecule has 0 aliphatic heterocycles. The van der Waals surface area contributed by atoms with Gasteiger partial charge in [-0.3, -0.25) is 9.79 Å². The van der Waals surface area contributed by atoms with Crippen LogP contribution in [-0.4, -0.2) is 44.0 Å². The van der Waals surface area contributed by atoms with Gasteiger partial charge >= 0.3 is 0 Å². The first kappa shape index (κ1) is 21.2. The molecule has 0 aliphatic carbocycles. The van der Waals surface area contributed by atoms with Gasteiger partial charge in [-0.15, -0.1) is 0 Å². The van der Waals surface area contributed by atoms with E-state index in [-0.39, 0.29) is 18.3 Å². The molecule has 0 aromatic heterocycles. The third kappa shape index (κ3) is 6.90. The number of halogens is 1. The minimum Gasteiger partial charge on any atom is -0.484 e. The molecule has 2 aromatic rings. The molecule has 2 aromatic carbocycles. The third-order valence-electron chi connectivity index (χ3n) is 4.00. The summed E-state index contributed by atoms with van der Waals surface area (Å²) in [5.74, 6) is 0.968. The number of ether oxygens (including phenoxy) is 1. The number of rotatable bonds is 8.